The fourth-order valence-electron chi connectivity index (χ4n) is 2.58. The van der Waals surface area contributed by atoms with Crippen LogP contribution in [-0.2, 0) is 0 Å². The maximum atomic E-state index is 5.81. The predicted molar refractivity (Wildman–Crippen MR) is 70.8 cm³/mol. The highest BCUT2D eigenvalue weighted by molar-refractivity contribution is 5.32. The second-order valence-corrected chi connectivity index (χ2v) is 4.74. The van der Waals surface area contributed by atoms with E-state index in [1.807, 2.05) is 19.1 Å². The molecule has 0 radical (unpaired) electrons. The molecule has 1 aromatic heterocycles. The zero-order valence-corrected chi connectivity index (χ0v) is 11.0. The highest BCUT2D eigenvalue weighted by Gasteiger charge is 2.26. The van der Waals surface area contributed by atoms with Gasteiger partial charge in [-0.3, -0.25) is 0 Å². The lowest BCUT2D eigenvalue weighted by molar-refractivity contribution is 0.199. The molecule has 0 spiro atoms. The smallest absolute Gasteiger partial charge is 0.256 e. The second kappa shape index (κ2) is 6.59. The van der Waals surface area contributed by atoms with Crippen LogP contribution in [0.15, 0.2) is 18.3 Å². The van der Waals surface area contributed by atoms with Gasteiger partial charge in [-0.1, -0.05) is 6.42 Å². The predicted octanol–water partition coefficient (Wildman–Crippen LogP) is 2.23. The Bertz CT molecular complexity index is 371. The number of nitrogens with two attached hydrogens (primary N) is 1. The van der Waals surface area contributed by atoms with E-state index in [1.165, 1.54) is 19.3 Å². The van der Waals surface area contributed by atoms with Crippen LogP contribution in [-0.4, -0.2) is 24.7 Å². The number of hydrogen-bond acceptors (Lipinski definition) is 4. The van der Waals surface area contributed by atoms with Gasteiger partial charge in [-0.25, -0.2) is 4.98 Å². The Morgan fingerprint density at radius 2 is 2.17 bits per heavy atom. The third-order valence-electron chi connectivity index (χ3n) is 3.59. The number of aromatic nitrogens is 1. The molecule has 18 heavy (non-hydrogen) atoms. The quantitative estimate of drug-likeness (QED) is 0.841. The van der Waals surface area contributed by atoms with E-state index in [1.54, 1.807) is 6.20 Å². The Hall–Kier alpha value is -1.29. The SMILES string of the molecule is CCOc1cccnc1OCC1CCCC1CN. The first-order chi connectivity index (χ1) is 8.85. The molecular weight excluding hydrogens is 228 g/mol. The number of ether oxygens (including phenoxy) is 2. The van der Waals surface area contributed by atoms with Crippen molar-refractivity contribution in [3.8, 4) is 11.6 Å². The first-order valence-electron chi connectivity index (χ1n) is 6.75. The summed E-state index contributed by atoms with van der Waals surface area (Å²) >= 11 is 0. The Morgan fingerprint density at radius 3 is 2.94 bits per heavy atom. The first kappa shape index (κ1) is 13.1. The summed E-state index contributed by atoms with van der Waals surface area (Å²) in [6.45, 7) is 4.03. The van der Waals surface area contributed by atoms with Crippen molar-refractivity contribution >= 4 is 0 Å². The molecule has 1 heterocycles. The van der Waals surface area contributed by atoms with E-state index in [2.05, 4.69) is 4.98 Å². The van der Waals surface area contributed by atoms with Gasteiger partial charge in [-0.2, -0.15) is 0 Å². The zero-order valence-electron chi connectivity index (χ0n) is 11.0. The summed E-state index contributed by atoms with van der Waals surface area (Å²) in [6, 6.07) is 3.75. The Balaban J connectivity index is 1.93. The van der Waals surface area contributed by atoms with Crippen molar-refractivity contribution in [2.24, 2.45) is 17.6 Å². The van der Waals surface area contributed by atoms with Crippen LogP contribution in [0.4, 0.5) is 0 Å². The van der Waals surface area contributed by atoms with Crippen molar-refractivity contribution in [3.63, 3.8) is 0 Å². The molecule has 4 nitrogen and oxygen atoms in total. The average molecular weight is 250 g/mol. The molecule has 2 rings (SSSR count). The monoisotopic (exact) mass is 250 g/mol. The molecule has 1 aromatic rings. The lowest BCUT2D eigenvalue weighted by atomic mass is 9.97. The molecular formula is C14H22N2O2. The van der Waals surface area contributed by atoms with Gasteiger partial charge in [0.25, 0.3) is 5.88 Å². The van der Waals surface area contributed by atoms with Gasteiger partial charge in [0.05, 0.1) is 13.2 Å². The molecule has 0 bridgehead atoms. The van der Waals surface area contributed by atoms with Crippen LogP contribution in [0.2, 0.25) is 0 Å². The molecule has 2 unspecified atom stereocenters. The summed E-state index contributed by atoms with van der Waals surface area (Å²) in [5.74, 6) is 2.49. The van der Waals surface area contributed by atoms with Crippen LogP contribution >= 0.6 is 0 Å². The van der Waals surface area contributed by atoms with Crippen LogP contribution in [0.1, 0.15) is 26.2 Å². The van der Waals surface area contributed by atoms with Crippen LogP contribution in [0.3, 0.4) is 0 Å². The summed E-state index contributed by atoms with van der Waals surface area (Å²) in [6.07, 6.45) is 5.42. The second-order valence-electron chi connectivity index (χ2n) is 4.74. The number of hydrogen-bond donors (Lipinski definition) is 1. The van der Waals surface area contributed by atoms with Crippen molar-refractivity contribution < 1.29 is 9.47 Å². The molecule has 2 N–H and O–H groups in total. The third kappa shape index (κ3) is 3.13. The molecule has 1 fully saturated rings. The molecule has 0 aromatic carbocycles. The topological polar surface area (TPSA) is 57.4 Å². The standard InChI is InChI=1S/C14H22N2O2/c1-2-17-13-7-4-8-16-14(13)18-10-12-6-3-5-11(12)9-15/h4,7-8,11-12H,2-3,5-6,9-10,15H2,1H3. The lowest BCUT2D eigenvalue weighted by Gasteiger charge is -2.18. The van der Waals surface area contributed by atoms with Gasteiger partial charge < -0.3 is 15.2 Å². The molecule has 1 saturated carbocycles. The minimum Gasteiger partial charge on any atom is -0.488 e. The maximum Gasteiger partial charge on any atom is 0.256 e. The van der Waals surface area contributed by atoms with E-state index in [0.717, 1.165) is 12.3 Å². The van der Waals surface area contributed by atoms with Gasteiger partial charge >= 0.3 is 0 Å². The normalized spacial score (nSPS) is 23.0. The molecule has 2 atom stereocenters. The van der Waals surface area contributed by atoms with Gasteiger partial charge in [-0.05, 0) is 50.3 Å². The largest absolute Gasteiger partial charge is 0.488 e. The van der Waals surface area contributed by atoms with Crippen molar-refractivity contribution in [3.05, 3.63) is 18.3 Å². The van der Waals surface area contributed by atoms with Gasteiger partial charge in [0, 0.05) is 6.20 Å². The van der Waals surface area contributed by atoms with Gasteiger partial charge in [0.15, 0.2) is 5.75 Å². The van der Waals surface area contributed by atoms with Gasteiger partial charge in [0.1, 0.15) is 0 Å². The molecule has 4 heteroatoms. The summed E-state index contributed by atoms with van der Waals surface area (Å²) in [4.78, 5) is 4.23. The summed E-state index contributed by atoms with van der Waals surface area (Å²) in [5, 5.41) is 0. The summed E-state index contributed by atoms with van der Waals surface area (Å²) in [7, 11) is 0. The molecule has 100 valence electrons. The van der Waals surface area contributed by atoms with Crippen LogP contribution in [0, 0.1) is 11.8 Å². The van der Waals surface area contributed by atoms with Crippen molar-refractivity contribution in [2.45, 2.75) is 26.2 Å². The number of pyridine rings is 1. The highest BCUT2D eigenvalue weighted by atomic mass is 16.5. The van der Waals surface area contributed by atoms with Crippen LogP contribution in [0.25, 0.3) is 0 Å². The van der Waals surface area contributed by atoms with E-state index >= 15 is 0 Å². The molecule has 0 amide bonds. The van der Waals surface area contributed by atoms with E-state index in [0.29, 0.717) is 30.9 Å². The molecule has 0 saturated heterocycles. The van der Waals surface area contributed by atoms with E-state index < -0.39 is 0 Å². The highest BCUT2D eigenvalue weighted by Crippen LogP contribution is 2.32. The minimum atomic E-state index is 0.562. The Morgan fingerprint density at radius 1 is 1.33 bits per heavy atom. The van der Waals surface area contributed by atoms with E-state index in [4.69, 9.17) is 15.2 Å². The Labute approximate surface area is 108 Å². The van der Waals surface area contributed by atoms with Gasteiger partial charge in [-0.15, -0.1) is 0 Å². The minimum absolute atomic E-state index is 0.562. The number of rotatable bonds is 6. The van der Waals surface area contributed by atoms with E-state index in [-0.39, 0.29) is 0 Å². The third-order valence-corrected chi connectivity index (χ3v) is 3.59. The van der Waals surface area contributed by atoms with Crippen molar-refractivity contribution in [2.75, 3.05) is 19.8 Å². The van der Waals surface area contributed by atoms with E-state index in [9.17, 15) is 0 Å². The fraction of sp³-hybridized carbons (Fsp3) is 0.643. The van der Waals surface area contributed by atoms with Crippen molar-refractivity contribution in [1.82, 2.24) is 4.98 Å². The maximum absolute atomic E-state index is 5.81. The van der Waals surface area contributed by atoms with Crippen LogP contribution < -0.4 is 15.2 Å². The summed E-state index contributed by atoms with van der Waals surface area (Å²) in [5.41, 5.74) is 5.77. The van der Waals surface area contributed by atoms with Crippen molar-refractivity contribution in [1.29, 1.82) is 0 Å². The first-order valence-corrected chi connectivity index (χ1v) is 6.75. The summed E-state index contributed by atoms with van der Waals surface area (Å²) < 4.78 is 11.3. The molecule has 0 aliphatic heterocycles. The Kier molecular flexibility index (Phi) is 4.81. The van der Waals surface area contributed by atoms with Gasteiger partial charge in [0.2, 0.25) is 0 Å². The average Bonchev–Trinajstić information content (AvgIpc) is 2.85. The lowest BCUT2D eigenvalue weighted by Crippen LogP contribution is -2.23. The fourth-order valence-corrected chi connectivity index (χ4v) is 2.58. The number of nitrogens with zero attached hydrogens (tertiary/aromatic N) is 1. The van der Waals surface area contributed by atoms with Crippen LogP contribution in [0.5, 0.6) is 11.6 Å². The molecule has 1 aliphatic rings. The molecule has 1 aliphatic carbocycles. The zero-order chi connectivity index (χ0) is 12.8.